The quantitative estimate of drug-likeness (QED) is 0.358. The molecule has 1 aromatic carbocycles. The lowest BCUT2D eigenvalue weighted by atomic mass is 10.1. The highest BCUT2D eigenvalue weighted by atomic mass is 127. The summed E-state index contributed by atoms with van der Waals surface area (Å²) in [6.45, 7) is 2.12. The van der Waals surface area contributed by atoms with Crippen LogP contribution in [0, 0.1) is 17.5 Å². The molecular weight excluding hydrogens is 394 g/mol. The fraction of sp³-hybridized carbons (Fsp3) is 0.500. The first-order chi connectivity index (χ1) is 9.58. The minimum Gasteiger partial charge on any atom is -0.370 e. The number of hydrogen-bond donors (Lipinski definition) is 1. The van der Waals surface area contributed by atoms with Crippen LogP contribution in [-0.4, -0.2) is 30.5 Å². The van der Waals surface area contributed by atoms with Gasteiger partial charge in [0.1, 0.15) is 0 Å². The van der Waals surface area contributed by atoms with Crippen LogP contribution in [0.2, 0.25) is 0 Å². The third-order valence-electron chi connectivity index (χ3n) is 3.40. The molecule has 1 fully saturated rings. The average Bonchev–Trinajstić information content (AvgIpc) is 2.45. The van der Waals surface area contributed by atoms with Crippen molar-refractivity contribution in [2.45, 2.75) is 25.7 Å². The molecular formula is C14H19F3IN3. The summed E-state index contributed by atoms with van der Waals surface area (Å²) in [5, 5.41) is 0. The molecule has 21 heavy (non-hydrogen) atoms. The maximum absolute atomic E-state index is 13.0. The van der Waals surface area contributed by atoms with Crippen LogP contribution in [0.1, 0.15) is 24.8 Å². The van der Waals surface area contributed by atoms with Gasteiger partial charge in [-0.15, -0.1) is 24.0 Å². The van der Waals surface area contributed by atoms with Crippen LogP contribution in [0.5, 0.6) is 0 Å². The summed E-state index contributed by atoms with van der Waals surface area (Å²) in [6.07, 6.45) is 3.73. The van der Waals surface area contributed by atoms with Crippen LogP contribution in [0.4, 0.5) is 13.2 Å². The third-order valence-corrected chi connectivity index (χ3v) is 3.40. The molecule has 0 aliphatic carbocycles. The van der Waals surface area contributed by atoms with Crippen LogP contribution >= 0.6 is 24.0 Å². The van der Waals surface area contributed by atoms with Gasteiger partial charge >= 0.3 is 0 Å². The van der Waals surface area contributed by atoms with Crippen molar-refractivity contribution in [3.63, 3.8) is 0 Å². The van der Waals surface area contributed by atoms with Gasteiger partial charge in [0, 0.05) is 19.6 Å². The van der Waals surface area contributed by atoms with Crippen molar-refractivity contribution in [2.75, 3.05) is 19.6 Å². The van der Waals surface area contributed by atoms with Crippen molar-refractivity contribution in [3.8, 4) is 0 Å². The maximum Gasteiger partial charge on any atom is 0.194 e. The molecule has 0 spiro atoms. The maximum atomic E-state index is 13.0. The molecule has 1 saturated heterocycles. The van der Waals surface area contributed by atoms with E-state index in [2.05, 4.69) is 4.99 Å². The third kappa shape index (κ3) is 5.05. The van der Waals surface area contributed by atoms with Gasteiger partial charge in [-0.1, -0.05) is 0 Å². The van der Waals surface area contributed by atoms with E-state index in [9.17, 15) is 13.2 Å². The van der Waals surface area contributed by atoms with Gasteiger partial charge in [-0.3, -0.25) is 4.99 Å². The standard InChI is InChI=1S/C14H18F3N3.HI/c15-11-8-10(9-12(16)13(11)17)4-5-19-14(18)20-6-2-1-3-7-20;/h8-9H,1-7H2,(H2,18,19);1H. The van der Waals surface area contributed by atoms with E-state index in [1.807, 2.05) is 4.90 Å². The molecule has 1 aromatic rings. The second-order valence-electron chi connectivity index (χ2n) is 4.91. The Kier molecular flexibility index (Phi) is 7.27. The van der Waals surface area contributed by atoms with Gasteiger partial charge < -0.3 is 10.6 Å². The van der Waals surface area contributed by atoms with E-state index in [0.717, 1.165) is 38.1 Å². The van der Waals surface area contributed by atoms with Crippen LogP contribution in [0.25, 0.3) is 0 Å². The number of nitrogens with two attached hydrogens (primary N) is 1. The fourth-order valence-corrected chi connectivity index (χ4v) is 2.27. The fourth-order valence-electron chi connectivity index (χ4n) is 2.27. The molecule has 0 atom stereocenters. The van der Waals surface area contributed by atoms with E-state index in [1.165, 1.54) is 6.42 Å². The Morgan fingerprint density at radius 3 is 2.24 bits per heavy atom. The monoisotopic (exact) mass is 413 g/mol. The molecule has 2 rings (SSSR count). The summed E-state index contributed by atoms with van der Waals surface area (Å²) in [5.41, 5.74) is 6.24. The number of nitrogens with zero attached hydrogens (tertiary/aromatic N) is 2. The normalized spacial score (nSPS) is 15.8. The summed E-state index contributed by atoms with van der Waals surface area (Å²) < 4.78 is 38.9. The number of likely N-dealkylation sites (tertiary alicyclic amines) is 1. The minimum absolute atomic E-state index is 0. The SMILES string of the molecule is I.NC(=NCCc1cc(F)c(F)c(F)c1)N1CCCCC1. The second-order valence-corrected chi connectivity index (χ2v) is 4.91. The topological polar surface area (TPSA) is 41.6 Å². The van der Waals surface area contributed by atoms with E-state index in [4.69, 9.17) is 5.73 Å². The summed E-state index contributed by atoms with van der Waals surface area (Å²) in [4.78, 5) is 6.22. The number of guanidine groups is 1. The summed E-state index contributed by atoms with van der Waals surface area (Å²) in [7, 11) is 0. The molecule has 0 saturated carbocycles. The molecule has 1 aliphatic heterocycles. The predicted octanol–water partition coefficient (Wildman–Crippen LogP) is 3.07. The van der Waals surface area contributed by atoms with Gasteiger partial charge in [-0.05, 0) is 43.4 Å². The molecule has 0 unspecified atom stereocenters. The average molecular weight is 413 g/mol. The first kappa shape index (κ1) is 18.1. The van der Waals surface area contributed by atoms with Crippen LogP contribution < -0.4 is 5.73 Å². The molecule has 0 amide bonds. The molecule has 3 nitrogen and oxygen atoms in total. The Morgan fingerprint density at radius 1 is 1.10 bits per heavy atom. The van der Waals surface area contributed by atoms with Crippen molar-refractivity contribution in [1.29, 1.82) is 0 Å². The van der Waals surface area contributed by atoms with Gasteiger partial charge in [0.05, 0.1) is 0 Å². The van der Waals surface area contributed by atoms with Gasteiger partial charge in [-0.25, -0.2) is 13.2 Å². The summed E-state index contributed by atoms with van der Waals surface area (Å²) in [5.74, 6) is -3.32. The number of hydrogen-bond acceptors (Lipinski definition) is 1. The molecule has 0 bridgehead atoms. The second kappa shape index (κ2) is 8.45. The zero-order valence-electron chi connectivity index (χ0n) is 11.6. The Morgan fingerprint density at radius 2 is 1.67 bits per heavy atom. The van der Waals surface area contributed by atoms with Crippen LogP contribution in [0.3, 0.4) is 0 Å². The Balaban J connectivity index is 0.00000220. The highest BCUT2D eigenvalue weighted by molar-refractivity contribution is 14.0. The Labute approximate surface area is 139 Å². The Hall–Kier alpha value is -0.990. The molecule has 7 heteroatoms. The summed E-state index contributed by atoms with van der Waals surface area (Å²) in [6, 6.07) is 1.98. The number of halogens is 4. The van der Waals surface area contributed by atoms with Crippen molar-refractivity contribution in [1.82, 2.24) is 4.90 Å². The van der Waals surface area contributed by atoms with Gasteiger partial charge in [0.25, 0.3) is 0 Å². The number of rotatable bonds is 3. The highest BCUT2D eigenvalue weighted by Crippen LogP contribution is 2.14. The van der Waals surface area contributed by atoms with Gasteiger partial charge in [0.2, 0.25) is 0 Å². The zero-order chi connectivity index (χ0) is 14.5. The molecule has 1 heterocycles. The van der Waals surface area contributed by atoms with Crippen molar-refractivity contribution < 1.29 is 13.2 Å². The predicted molar refractivity (Wildman–Crippen MR) is 87.3 cm³/mol. The zero-order valence-corrected chi connectivity index (χ0v) is 13.9. The first-order valence-electron chi connectivity index (χ1n) is 6.76. The van der Waals surface area contributed by atoms with Crippen LogP contribution in [-0.2, 0) is 6.42 Å². The van der Waals surface area contributed by atoms with Crippen molar-refractivity contribution in [2.24, 2.45) is 10.7 Å². The molecule has 0 aromatic heterocycles. The lowest BCUT2D eigenvalue weighted by Gasteiger charge is -2.27. The largest absolute Gasteiger partial charge is 0.370 e. The summed E-state index contributed by atoms with van der Waals surface area (Å²) >= 11 is 0. The first-order valence-corrected chi connectivity index (χ1v) is 6.76. The van der Waals surface area contributed by atoms with Crippen LogP contribution in [0.15, 0.2) is 17.1 Å². The van der Waals surface area contributed by atoms with Gasteiger partial charge in [0.15, 0.2) is 23.4 Å². The van der Waals surface area contributed by atoms with E-state index in [1.54, 1.807) is 0 Å². The Bertz CT molecular complexity index is 479. The number of piperidine rings is 1. The van der Waals surface area contributed by atoms with E-state index < -0.39 is 17.5 Å². The smallest absolute Gasteiger partial charge is 0.194 e. The molecule has 1 aliphatic rings. The minimum atomic E-state index is -1.44. The molecule has 0 radical (unpaired) electrons. The molecule has 2 N–H and O–H groups in total. The van der Waals surface area contributed by atoms with E-state index >= 15 is 0 Å². The van der Waals surface area contributed by atoms with E-state index in [-0.39, 0.29) is 24.0 Å². The lowest BCUT2D eigenvalue weighted by Crippen LogP contribution is -2.41. The highest BCUT2D eigenvalue weighted by Gasteiger charge is 2.12. The molecule has 118 valence electrons. The van der Waals surface area contributed by atoms with Crippen molar-refractivity contribution in [3.05, 3.63) is 35.1 Å². The number of benzene rings is 1. The van der Waals surface area contributed by atoms with Crippen molar-refractivity contribution >= 4 is 29.9 Å². The van der Waals surface area contributed by atoms with Gasteiger partial charge in [-0.2, -0.15) is 0 Å². The number of aliphatic imine (C=N–C) groups is 1. The lowest BCUT2D eigenvalue weighted by molar-refractivity contribution is 0.338. The van der Waals surface area contributed by atoms with E-state index in [0.29, 0.717) is 24.5 Å².